The monoisotopic (exact) mass is 1380 g/mol. The van der Waals surface area contributed by atoms with Crippen molar-refractivity contribution in [3.63, 3.8) is 0 Å². The maximum atomic E-state index is 13.1. The van der Waals surface area contributed by atoms with Crippen LogP contribution in [0, 0.1) is 11.8 Å². The van der Waals surface area contributed by atoms with E-state index in [1.54, 1.807) is 0 Å². The lowest BCUT2D eigenvalue weighted by Crippen LogP contribution is -2.30. The van der Waals surface area contributed by atoms with E-state index in [0.29, 0.717) is 31.6 Å². The van der Waals surface area contributed by atoms with E-state index < -0.39 is 97.5 Å². The summed E-state index contributed by atoms with van der Waals surface area (Å²) < 4.78 is 68.3. The molecule has 0 saturated carbocycles. The minimum atomic E-state index is -4.96. The van der Waals surface area contributed by atoms with Crippen molar-refractivity contribution < 1.29 is 80.2 Å². The average Bonchev–Trinajstić information content (AvgIpc) is 1.41. The number of hydrogen-bond donors (Lipinski definition) is 3. The summed E-state index contributed by atoms with van der Waals surface area (Å²) in [5, 5.41) is 10.6. The molecule has 0 rings (SSSR count). The lowest BCUT2D eigenvalue weighted by molar-refractivity contribution is -0.161. The van der Waals surface area contributed by atoms with Gasteiger partial charge in [-0.2, -0.15) is 0 Å². The van der Waals surface area contributed by atoms with Crippen molar-refractivity contribution in [1.82, 2.24) is 0 Å². The highest BCUT2D eigenvalue weighted by Gasteiger charge is 2.30. The molecule has 0 aromatic rings. The van der Waals surface area contributed by atoms with Gasteiger partial charge in [-0.25, -0.2) is 9.13 Å². The van der Waals surface area contributed by atoms with Crippen LogP contribution in [0.25, 0.3) is 0 Å². The number of esters is 4. The number of aliphatic hydroxyl groups is 1. The third kappa shape index (κ3) is 68.6. The summed E-state index contributed by atoms with van der Waals surface area (Å²) in [5.74, 6) is -0.608. The van der Waals surface area contributed by atoms with E-state index in [1.165, 1.54) is 193 Å². The highest BCUT2D eigenvalue weighted by atomic mass is 31.2. The Labute approximate surface area is 575 Å². The molecule has 0 radical (unpaired) electrons. The Bertz CT molecular complexity index is 1820. The normalized spacial score (nSPS) is 14.0. The maximum Gasteiger partial charge on any atom is 0.472 e. The fourth-order valence-electron chi connectivity index (χ4n) is 11.5. The minimum Gasteiger partial charge on any atom is -0.462 e. The summed E-state index contributed by atoms with van der Waals surface area (Å²) in [6, 6.07) is 0. The number of hydrogen-bond acceptors (Lipinski definition) is 15. The summed E-state index contributed by atoms with van der Waals surface area (Å²) in [6.45, 7) is 9.52. The molecule has 0 aliphatic carbocycles. The summed E-state index contributed by atoms with van der Waals surface area (Å²) in [5.41, 5.74) is 0. The molecule has 0 aromatic heterocycles. The van der Waals surface area contributed by atoms with Crippen LogP contribution in [0.5, 0.6) is 0 Å². The van der Waals surface area contributed by atoms with Gasteiger partial charge in [0.1, 0.15) is 19.3 Å². The number of unbranched alkanes of at least 4 members (excludes halogenated alkanes) is 44. The fraction of sp³-hybridized carbons (Fsp3) is 0.947. The van der Waals surface area contributed by atoms with E-state index >= 15 is 0 Å². The summed E-state index contributed by atoms with van der Waals surface area (Å²) in [4.78, 5) is 72.6. The van der Waals surface area contributed by atoms with E-state index in [9.17, 15) is 43.2 Å². The SMILES string of the molecule is CCCCCCCCCCCCCCCCCCC(=O)OC[C@H](COP(=O)(O)OC[C@@H](O)COP(=O)(O)OC[C@@H](COC(=O)CCCCCCCCC)OC(=O)CCCCCCCCCC(C)C)OC(=O)CCCCCCCCCCCCCCCCCCCCC(C)C. The zero-order valence-corrected chi connectivity index (χ0v) is 63.1. The summed E-state index contributed by atoms with van der Waals surface area (Å²) in [6.07, 6.45) is 54.5. The van der Waals surface area contributed by atoms with E-state index in [1.807, 2.05) is 0 Å². The number of ether oxygens (including phenoxy) is 4. The standard InChI is InChI=1S/C75H146O17P2/c1-7-9-11-13-15-16-17-18-19-25-28-31-34-40-46-52-58-73(78)86-64-71(91-74(79)59-53-47-41-35-32-29-26-23-21-20-22-24-27-30-33-38-43-49-55-67(3)4)66-90-94(83,84)88-62-69(76)61-87-93(81,82)89-65-70(63-85-72(77)57-51-45-37-14-12-10-8-2)92-75(80)60-54-48-42-36-39-44-50-56-68(5)6/h67-71,76H,7-66H2,1-6H3,(H,81,82)(H,83,84)/t69-,70+,71+/m0/s1. The van der Waals surface area contributed by atoms with Gasteiger partial charge in [-0.05, 0) is 37.5 Å². The molecule has 0 spiro atoms. The predicted molar refractivity (Wildman–Crippen MR) is 381 cm³/mol. The van der Waals surface area contributed by atoms with Crippen LogP contribution in [0.2, 0.25) is 0 Å². The van der Waals surface area contributed by atoms with Gasteiger partial charge < -0.3 is 33.8 Å². The van der Waals surface area contributed by atoms with Crippen LogP contribution in [0.4, 0.5) is 0 Å². The Morgan fingerprint density at radius 3 is 0.723 bits per heavy atom. The number of aliphatic hydroxyl groups excluding tert-OH is 1. The molecule has 94 heavy (non-hydrogen) atoms. The van der Waals surface area contributed by atoms with Gasteiger partial charge in [0.15, 0.2) is 12.2 Å². The quantitative estimate of drug-likeness (QED) is 0.0222. The van der Waals surface area contributed by atoms with E-state index in [2.05, 4.69) is 41.5 Å². The van der Waals surface area contributed by atoms with Crippen LogP contribution in [-0.2, 0) is 65.4 Å². The zero-order chi connectivity index (χ0) is 69.3. The van der Waals surface area contributed by atoms with Crippen molar-refractivity contribution in [2.24, 2.45) is 11.8 Å². The molecule has 0 amide bonds. The van der Waals surface area contributed by atoms with Gasteiger partial charge in [-0.15, -0.1) is 0 Å². The first-order valence-electron chi connectivity index (χ1n) is 39.0. The van der Waals surface area contributed by atoms with Gasteiger partial charge in [0.25, 0.3) is 0 Å². The van der Waals surface area contributed by atoms with Crippen molar-refractivity contribution in [1.29, 1.82) is 0 Å². The molecule has 19 heteroatoms. The van der Waals surface area contributed by atoms with E-state index in [-0.39, 0.29) is 25.7 Å². The lowest BCUT2D eigenvalue weighted by atomic mass is 10.0. The third-order valence-corrected chi connectivity index (χ3v) is 19.4. The smallest absolute Gasteiger partial charge is 0.462 e. The molecule has 0 aliphatic heterocycles. The number of phosphoric ester groups is 2. The molecule has 0 saturated heterocycles. The Kier molecular flexibility index (Phi) is 65.5. The Hall–Kier alpha value is -1.94. The molecule has 0 bridgehead atoms. The van der Waals surface area contributed by atoms with E-state index in [0.717, 1.165) is 109 Å². The highest BCUT2D eigenvalue weighted by molar-refractivity contribution is 7.47. The number of carbonyl (C=O) groups is 4. The predicted octanol–water partition coefficient (Wildman–Crippen LogP) is 21.9. The minimum absolute atomic E-state index is 0.103. The molecule has 0 aromatic carbocycles. The molecule has 5 atom stereocenters. The highest BCUT2D eigenvalue weighted by Crippen LogP contribution is 2.45. The van der Waals surface area contributed by atoms with Crippen LogP contribution in [0.3, 0.4) is 0 Å². The van der Waals surface area contributed by atoms with Crippen molar-refractivity contribution in [2.75, 3.05) is 39.6 Å². The van der Waals surface area contributed by atoms with Gasteiger partial charge >= 0.3 is 39.5 Å². The average molecular weight is 1380 g/mol. The van der Waals surface area contributed by atoms with Gasteiger partial charge in [0, 0.05) is 25.7 Å². The van der Waals surface area contributed by atoms with Crippen LogP contribution < -0.4 is 0 Å². The van der Waals surface area contributed by atoms with Crippen LogP contribution >= 0.6 is 15.6 Å². The summed E-state index contributed by atoms with van der Waals surface area (Å²) >= 11 is 0. The molecule has 0 heterocycles. The Morgan fingerprint density at radius 2 is 0.489 bits per heavy atom. The molecule has 0 fully saturated rings. The van der Waals surface area contributed by atoms with Gasteiger partial charge in [0.05, 0.1) is 26.4 Å². The second-order valence-electron chi connectivity index (χ2n) is 28.0. The van der Waals surface area contributed by atoms with Crippen molar-refractivity contribution in [2.45, 2.75) is 407 Å². The Balaban J connectivity index is 5.15. The van der Waals surface area contributed by atoms with Crippen LogP contribution in [0.1, 0.15) is 388 Å². The largest absolute Gasteiger partial charge is 0.472 e. The third-order valence-electron chi connectivity index (χ3n) is 17.5. The molecule has 3 N–H and O–H groups in total. The van der Waals surface area contributed by atoms with Gasteiger partial charge in [-0.1, -0.05) is 337 Å². The molecule has 17 nitrogen and oxygen atoms in total. The van der Waals surface area contributed by atoms with E-state index in [4.69, 9.17) is 37.0 Å². The summed E-state index contributed by atoms with van der Waals surface area (Å²) in [7, 11) is -9.90. The maximum absolute atomic E-state index is 13.1. The second-order valence-corrected chi connectivity index (χ2v) is 30.9. The van der Waals surface area contributed by atoms with Gasteiger partial charge in [0.2, 0.25) is 0 Å². The first-order chi connectivity index (χ1) is 45.4. The topological polar surface area (TPSA) is 237 Å². The van der Waals surface area contributed by atoms with Crippen LogP contribution in [0.15, 0.2) is 0 Å². The van der Waals surface area contributed by atoms with Crippen molar-refractivity contribution >= 4 is 39.5 Å². The number of carbonyl (C=O) groups excluding carboxylic acids is 4. The van der Waals surface area contributed by atoms with Crippen molar-refractivity contribution in [3.05, 3.63) is 0 Å². The Morgan fingerprint density at radius 1 is 0.287 bits per heavy atom. The lowest BCUT2D eigenvalue weighted by Gasteiger charge is -2.21. The zero-order valence-electron chi connectivity index (χ0n) is 61.3. The van der Waals surface area contributed by atoms with Gasteiger partial charge in [-0.3, -0.25) is 37.3 Å². The molecule has 2 unspecified atom stereocenters. The molecular formula is C75H146O17P2. The number of rotatable bonds is 74. The van der Waals surface area contributed by atoms with Crippen LogP contribution in [-0.4, -0.2) is 96.7 Å². The molecular weight excluding hydrogens is 1230 g/mol. The molecule has 0 aliphatic rings. The first kappa shape index (κ1) is 92.1. The first-order valence-corrected chi connectivity index (χ1v) is 42.0. The molecule has 558 valence electrons. The second kappa shape index (κ2) is 66.9. The number of phosphoric acid groups is 2. The van der Waals surface area contributed by atoms with Crippen molar-refractivity contribution in [3.8, 4) is 0 Å². The fourth-order valence-corrected chi connectivity index (χ4v) is 13.1.